The molecule has 0 spiro atoms. The molecule has 0 saturated heterocycles. The van der Waals surface area contributed by atoms with Crippen LogP contribution in [0.3, 0.4) is 0 Å². The van der Waals surface area contributed by atoms with Gasteiger partial charge in [0.05, 0.1) is 6.61 Å². The Balaban J connectivity index is 2.77. The van der Waals surface area contributed by atoms with Crippen LogP contribution in [0.15, 0.2) is 30.3 Å². The molecular weight excluding hydrogens is 198 g/mol. The first-order valence-electron chi connectivity index (χ1n) is 5.91. The van der Waals surface area contributed by atoms with Crippen LogP contribution in [0, 0.1) is 0 Å². The summed E-state index contributed by atoms with van der Waals surface area (Å²) in [6, 6.07) is 10.9. The van der Waals surface area contributed by atoms with Crippen molar-refractivity contribution in [1.82, 2.24) is 5.32 Å². The quantitative estimate of drug-likeness (QED) is 0.800. The van der Waals surface area contributed by atoms with Crippen molar-refractivity contribution in [1.29, 1.82) is 0 Å². The lowest BCUT2D eigenvalue weighted by Gasteiger charge is -2.34. The Morgan fingerprint density at radius 3 is 2.25 bits per heavy atom. The van der Waals surface area contributed by atoms with Gasteiger partial charge in [-0.3, -0.25) is 0 Å². The third-order valence-corrected chi connectivity index (χ3v) is 3.41. The highest BCUT2D eigenvalue weighted by atomic mass is 16.3. The third-order valence-electron chi connectivity index (χ3n) is 3.41. The summed E-state index contributed by atoms with van der Waals surface area (Å²) in [5.41, 5.74) is 1.38. The van der Waals surface area contributed by atoms with Crippen LogP contribution in [0.5, 0.6) is 0 Å². The van der Waals surface area contributed by atoms with Gasteiger partial charge in [-0.05, 0) is 19.4 Å². The van der Waals surface area contributed by atoms with Crippen molar-refractivity contribution in [3.05, 3.63) is 35.9 Å². The lowest BCUT2D eigenvalue weighted by molar-refractivity contribution is 0.224. The lowest BCUT2D eigenvalue weighted by Crippen LogP contribution is -2.47. The second kappa shape index (κ2) is 5.46. The van der Waals surface area contributed by atoms with E-state index >= 15 is 0 Å². The second-order valence-electron chi connectivity index (χ2n) is 5.06. The summed E-state index contributed by atoms with van der Waals surface area (Å²) in [5, 5.41) is 12.5. The van der Waals surface area contributed by atoms with Crippen molar-refractivity contribution in [3.63, 3.8) is 0 Å². The van der Waals surface area contributed by atoms with Gasteiger partial charge in [0.1, 0.15) is 0 Å². The first-order chi connectivity index (χ1) is 7.48. The zero-order valence-electron chi connectivity index (χ0n) is 10.7. The minimum absolute atomic E-state index is 0.0602. The summed E-state index contributed by atoms with van der Waals surface area (Å²) in [4.78, 5) is 0. The largest absolute Gasteiger partial charge is 0.395 e. The molecule has 2 atom stereocenters. The fourth-order valence-corrected chi connectivity index (χ4v) is 1.81. The average molecular weight is 221 g/mol. The van der Waals surface area contributed by atoms with Crippen LogP contribution in [0.2, 0.25) is 0 Å². The summed E-state index contributed by atoms with van der Waals surface area (Å²) in [7, 11) is 0. The van der Waals surface area contributed by atoms with Gasteiger partial charge in [0.25, 0.3) is 0 Å². The van der Waals surface area contributed by atoms with Crippen LogP contribution in [0.25, 0.3) is 0 Å². The van der Waals surface area contributed by atoms with E-state index in [0.717, 1.165) is 0 Å². The molecule has 0 aliphatic rings. The van der Waals surface area contributed by atoms with Crippen molar-refractivity contribution in [2.45, 2.75) is 45.2 Å². The van der Waals surface area contributed by atoms with Crippen molar-refractivity contribution in [2.75, 3.05) is 6.61 Å². The first-order valence-corrected chi connectivity index (χ1v) is 5.91. The molecule has 0 aliphatic carbocycles. The number of hydrogen-bond donors (Lipinski definition) is 2. The molecule has 0 aliphatic heterocycles. The minimum Gasteiger partial charge on any atom is -0.395 e. The predicted molar refractivity (Wildman–Crippen MR) is 68.6 cm³/mol. The zero-order chi connectivity index (χ0) is 12.2. The van der Waals surface area contributed by atoms with Gasteiger partial charge < -0.3 is 10.4 Å². The second-order valence-corrected chi connectivity index (χ2v) is 5.06. The summed E-state index contributed by atoms with van der Waals surface area (Å²) in [6.07, 6.45) is 0. The molecule has 2 N–H and O–H groups in total. The van der Waals surface area contributed by atoms with Gasteiger partial charge >= 0.3 is 0 Å². The number of benzene rings is 1. The maximum Gasteiger partial charge on any atom is 0.0582 e. The van der Waals surface area contributed by atoms with Crippen molar-refractivity contribution in [3.8, 4) is 0 Å². The molecule has 16 heavy (non-hydrogen) atoms. The first kappa shape index (κ1) is 13.2. The highest BCUT2D eigenvalue weighted by molar-refractivity contribution is 5.25. The normalized spacial score (nSPS) is 15.8. The van der Waals surface area contributed by atoms with E-state index in [1.807, 2.05) is 13.0 Å². The molecule has 0 heterocycles. The number of nitrogens with one attached hydrogen (secondary N) is 1. The van der Waals surface area contributed by atoms with Crippen LogP contribution in [-0.2, 0) is 5.41 Å². The number of hydrogen-bond acceptors (Lipinski definition) is 2. The van der Waals surface area contributed by atoms with E-state index < -0.39 is 0 Å². The predicted octanol–water partition coefficient (Wildman–Crippen LogP) is 2.32. The Morgan fingerprint density at radius 1 is 1.19 bits per heavy atom. The van der Waals surface area contributed by atoms with E-state index in [0.29, 0.717) is 6.04 Å². The molecule has 0 amide bonds. The molecule has 90 valence electrons. The zero-order valence-corrected chi connectivity index (χ0v) is 10.7. The molecule has 2 nitrogen and oxygen atoms in total. The van der Waals surface area contributed by atoms with E-state index in [-0.39, 0.29) is 18.1 Å². The van der Waals surface area contributed by atoms with Crippen molar-refractivity contribution < 1.29 is 5.11 Å². The Labute approximate surface area is 98.7 Å². The Hall–Kier alpha value is -0.860. The maximum absolute atomic E-state index is 9.06. The SMILES string of the molecule is CC(N[C@H](C)CO)C(C)(C)c1ccccc1. The molecule has 1 rings (SSSR count). The standard InChI is InChI=1S/C14H23NO/c1-11(10-16)15-12(2)14(3,4)13-8-6-5-7-9-13/h5-9,11-12,15-16H,10H2,1-4H3/t11-,12?/m1/s1. The monoisotopic (exact) mass is 221 g/mol. The molecule has 0 saturated carbocycles. The summed E-state index contributed by atoms with van der Waals surface area (Å²) >= 11 is 0. The Kier molecular flexibility index (Phi) is 4.51. The van der Waals surface area contributed by atoms with E-state index in [9.17, 15) is 0 Å². The highest BCUT2D eigenvalue weighted by Crippen LogP contribution is 2.26. The van der Waals surface area contributed by atoms with Gasteiger partial charge in [-0.2, -0.15) is 0 Å². The summed E-state index contributed by atoms with van der Waals surface area (Å²) in [6.45, 7) is 8.79. The number of rotatable bonds is 5. The number of aliphatic hydroxyl groups excluding tert-OH is 1. The van der Waals surface area contributed by atoms with Gasteiger partial charge in [0.2, 0.25) is 0 Å². The third kappa shape index (κ3) is 3.06. The van der Waals surface area contributed by atoms with E-state index in [1.54, 1.807) is 0 Å². The molecule has 0 bridgehead atoms. The van der Waals surface area contributed by atoms with Crippen LogP contribution in [-0.4, -0.2) is 23.8 Å². The fourth-order valence-electron chi connectivity index (χ4n) is 1.81. The van der Waals surface area contributed by atoms with Crippen LogP contribution < -0.4 is 5.32 Å². The average Bonchev–Trinajstić information content (AvgIpc) is 2.29. The summed E-state index contributed by atoms with van der Waals surface area (Å²) in [5.74, 6) is 0. The van der Waals surface area contributed by atoms with Crippen molar-refractivity contribution >= 4 is 0 Å². The van der Waals surface area contributed by atoms with Gasteiger partial charge in [-0.1, -0.05) is 44.2 Å². The molecule has 0 fully saturated rings. The topological polar surface area (TPSA) is 32.3 Å². The number of aliphatic hydroxyl groups is 1. The minimum atomic E-state index is 0.0602. The van der Waals surface area contributed by atoms with Crippen LogP contribution in [0.1, 0.15) is 33.3 Å². The van der Waals surface area contributed by atoms with E-state index in [4.69, 9.17) is 5.11 Å². The van der Waals surface area contributed by atoms with E-state index in [2.05, 4.69) is 50.4 Å². The molecule has 1 aromatic carbocycles. The van der Waals surface area contributed by atoms with Gasteiger partial charge in [0, 0.05) is 17.5 Å². The molecule has 2 heteroatoms. The Morgan fingerprint density at radius 2 is 1.75 bits per heavy atom. The van der Waals surface area contributed by atoms with Crippen LogP contribution in [0.4, 0.5) is 0 Å². The van der Waals surface area contributed by atoms with Crippen molar-refractivity contribution in [2.24, 2.45) is 0 Å². The van der Waals surface area contributed by atoms with Crippen LogP contribution >= 0.6 is 0 Å². The molecule has 1 aromatic rings. The Bertz CT molecular complexity index is 308. The van der Waals surface area contributed by atoms with Gasteiger partial charge in [-0.15, -0.1) is 0 Å². The fraction of sp³-hybridized carbons (Fsp3) is 0.571. The smallest absolute Gasteiger partial charge is 0.0582 e. The van der Waals surface area contributed by atoms with E-state index in [1.165, 1.54) is 5.56 Å². The molecule has 0 aromatic heterocycles. The maximum atomic E-state index is 9.06. The molecule has 0 radical (unpaired) electrons. The molecule has 1 unspecified atom stereocenters. The van der Waals surface area contributed by atoms with Gasteiger partial charge in [0.15, 0.2) is 0 Å². The van der Waals surface area contributed by atoms with Gasteiger partial charge in [-0.25, -0.2) is 0 Å². The summed E-state index contributed by atoms with van der Waals surface area (Å²) < 4.78 is 0. The lowest BCUT2D eigenvalue weighted by atomic mass is 9.78. The highest BCUT2D eigenvalue weighted by Gasteiger charge is 2.28. The molecular formula is C14H23NO.